The van der Waals surface area contributed by atoms with E-state index in [0.29, 0.717) is 0 Å². The minimum absolute atomic E-state index is 0.0855. The molecular weight excluding hydrogens is 436 g/mol. The van der Waals surface area contributed by atoms with Crippen LogP contribution in [0, 0.1) is 0 Å². The lowest BCUT2D eigenvalue weighted by Crippen LogP contribution is -2.36. The summed E-state index contributed by atoms with van der Waals surface area (Å²) < 4.78 is 10.1. The van der Waals surface area contributed by atoms with Gasteiger partial charge < -0.3 is 30.7 Å². The number of nitrogens with two attached hydrogens (primary N) is 1. The molecule has 176 valence electrons. The van der Waals surface area contributed by atoms with Gasteiger partial charge in [-0.2, -0.15) is 0 Å². The van der Waals surface area contributed by atoms with Crippen LogP contribution in [0.25, 0.3) is 11.1 Å². The van der Waals surface area contributed by atoms with Crippen LogP contribution < -0.4 is 11.1 Å². The van der Waals surface area contributed by atoms with E-state index in [2.05, 4.69) is 10.1 Å². The van der Waals surface area contributed by atoms with Gasteiger partial charge in [-0.25, -0.2) is 9.59 Å². The molecule has 3 aromatic rings. The van der Waals surface area contributed by atoms with Gasteiger partial charge in [0.05, 0.1) is 12.7 Å². The van der Waals surface area contributed by atoms with Gasteiger partial charge in [0.25, 0.3) is 0 Å². The average Bonchev–Trinajstić information content (AvgIpc) is 3.18. The van der Waals surface area contributed by atoms with Gasteiger partial charge in [0.2, 0.25) is 0 Å². The molecule has 2 unspecified atom stereocenters. The Labute approximate surface area is 196 Å². The van der Waals surface area contributed by atoms with Gasteiger partial charge in [-0.15, -0.1) is 0 Å². The molecule has 0 saturated carbocycles. The van der Waals surface area contributed by atoms with E-state index < -0.39 is 24.3 Å². The standard InChI is InChI=1S/C26H26N2O6/c1-33-25(31)16-10-15(11-17(27)12-16)24(30)23(29)13-28-26(32)34-14-22-20-8-4-2-6-18(20)19-7-3-5-9-21(19)22/h2-12,22-24,29-30H,13-14,27H2,1H3,(H,28,32). The van der Waals surface area contributed by atoms with E-state index in [-0.39, 0.29) is 35.9 Å². The minimum Gasteiger partial charge on any atom is -0.465 e. The first-order valence-corrected chi connectivity index (χ1v) is 10.8. The molecule has 0 spiro atoms. The van der Waals surface area contributed by atoms with Crippen LogP contribution in [0.15, 0.2) is 66.7 Å². The highest BCUT2D eigenvalue weighted by molar-refractivity contribution is 5.90. The monoisotopic (exact) mass is 462 g/mol. The number of alkyl carbamates (subject to hydrolysis) is 1. The highest BCUT2D eigenvalue weighted by atomic mass is 16.5. The predicted molar refractivity (Wildman–Crippen MR) is 126 cm³/mol. The van der Waals surface area contributed by atoms with Crippen LogP contribution in [-0.4, -0.2) is 48.6 Å². The molecule has 1 aliphatic carbocycles. The molecule has 0 aromatic heterocycles. The van der Waals surface area contributed by atoms with Crippen molar-refractivity contribution in [2.75, 3.05) is 26.0 Å². The van der Waals surface area contributed by atoms with Crippen LogP contribution in [0.2, 0.25) is 0 Å². The first-order chi connectivity index (χ1) is 16.4. The summed E-state index contributed by atoms with van der Waals surface area (Å²) in [6.07, 6.45) is -3.45. The normalized spacial score (nSPS) is 14.0. The average molecular weight is 463 g/mol. The molecule has 5 N–H and O–H groups in total. The van der Waals surface area contributed by atoms with Gasteiger partial charge in [0.15, 0.2) is 0 Å². The first-order valence-electron chi connectivity index (χ1n) is 10.8. The maximum atomic E-state index is 12.3. The molecule has 0 aliphatic heterocycles. The van der Waals surface area contributed by atoms with Crippen molar-refractivity contribution in [3.8, 4) is 11.1 Å². The summed E-state index contributed by atoms with van der Waals surface area (Å²) in [7, 11) is 1.23. The number of carbonyl (C=O) groups excluding carboxylic acids is 2. The molecule has 8 nitrogen and oxygen atoms in total. The molecule has 34 heavy (non-hydrogen) atoms. The van der Waals surface area contributed by atoms with Crippen LogP contribution in [0.3, 0.4) is 0 Å². The molecule has 3 aromatic carbocycles. The van der Waals surface area contributed by atoms with E-state index in [9.17, 15) is 19.8 Å². The Morgan fingerprint density at radius 2 is 1.62 bits per heavy atom. The summed E-state index contributed by atoms with van der Waals surface area (Å²) in [5, 5.41) is 23.3. The summed E-state index contributed by atoms with van der Waals surface area (Å²) in [4.78, 5) is 24.1. The van der Waals surface area contributed by atoms with Gasteiger partial charge in [-0.3, -0.25) is 0 Å². The van der Waals surface area contributed by atoms with Crippen molar-refractivity contribution in [1.29, 1.82) is 0 Å². The third kappa shape index (κ3) is 4.73. The molecule has 8 heteroatoms. The Kier molecular flexibility index (Phi) is 6.81. The molecular formula is C26H26N2O6. The van der Waals surface area contributed by atoms with Crippen molar-refractivity contribution < 1.29 is 29.3 Å². The number of hydrogen-bond donors (Lipinski definition) is 4. The van der Waals surface area contributed by atoms with E-state index in [1.165, 1.54) is 25.3 Å². The number of amides is 1. The fraction of sp³-hybridized carbons (Fsp3) is 0.231. The topological polar surface area (TPSA) is 131 Å². The van der Waals surface area contributed by atoms with Crippen LogP contribution in [0.4, 0.5) is 10.5 Å². The lowest BCUT2D eigenvalue weighted by molar-refractivity contribution is 0.0185. The number of benzene rings is 3. The Bertz CT molecular complexity index is 1170. The fourth-order valence-electron chi connectivity index (χ4n) is 4.25. The van der Waals surface area contributed by atoms with E-state index in [1.54, 1.807) is 0 Å². The number of nitrogens with one attached hydrogen (secondary N) is 1. The number of esters is 1. The van der Waals surface area contributed by atoms with Crippen molar-refractivity contribution in [1.82, 2.24) is 5.32 Å². The zero-order chi connectivity index (χ0) is 24.2. The highest BCUT2D eigenvalue weighted by Crippen LogP contribution is 2.44. The second-order valence-electron chi connectivity index (χ2n) is 8.10. The first kappa shape index (κ1) is 23.3. The summed E-state index contributed by atoms with van der Waals surface area (Å²) in [6.45, 7) is -0.129. The predicted octanol–water partition coefficient (Wildman–Crippen LogP) is 2.99. The molecule has 0 fully saturated rings. The maximum Gasteiger partial charge on any atom is 0.407 e. The van der Waals surface area contributed by atoms with Crippen LogP contribution in [0.1, 0.15) is 39.1 Å². The van der Waals surface area contributed by atoms with E-state index in [1.807, 2.05) is 48.5 Å². The van der Waals surface area contributed by atoms with Gasteiger partial charge >= 0.3 is 12.1 Å². The lowest BCUT2D eigenvalue weighted by Gasteiger charge is -2.20. The van der Waals surface area contributed by atoms with Gasteiger partial charge in [0, 0.05) is 18.2 Å². The van der Waals surface area contributed by atoms with Gasteiger partial charge in [0.1, 0.15) is 18.8 Å². The van der Waals surface area contributed by atoms with E-state index >= 15 is 0 Å². The number of anilines is 1. The Morgan fingerprint density at radius 3 is 2.24 bits per heavy atom. The molecule has 0 radical (unpaired) electrons. The molecule has 0 saturated heterocycles. The number of ether oxygens (including phenoxy) is 2. The summed E-state index contributed by atoms with van der Waals surface area (Å²) in [5.41, 5.74) is 10.8. The van der Waals surface area contributed by atoms with Crippen molar-refractivity contribution in [3.63, 3.8) is 0 Å². The molecule has 0 bridgehead atoms. The number of carbonyl (C=O) groups is 2. The molecule has 0 heterocycles. The minimum atomic E-state index is -1.39. The van der Waals surface area contributed by atoms with Crippen molar-refractivity contribution in [2.45, 2.75) is 18.1 Å². The fourth-order valence-corrected chi connectivity index (χ4v) is 4.25. The third-order valence-corrected chi connectivity index (χ3v) is 5.90. The number of fused-ring (bicyclic) bond motifs is 3. The van der Waals surface area contributed by atoms with E-state index in [0.717, 1.165) is 22.3 Å². The number of aliphatic hydroxyl groups is 2. The SMILES string of the molecule is COC(=O)c1cc(N)cc(C(O)C(O)CNC(=O)OCC2c3ccccc3-c3ccccc32)c1. The van der Waals surface area contributed by atoms with Crippen LogP contribution in [0.5, 0.6) is 0 Å². The van der Waals surface area contributed by atoms with Crippen molar-refractivity contribution in [2.24, 2.45) is 0 Å². The Morgan fingerprint density at radius 1 is 1.00 bits per heavy atom. The largest absolute Gasteiger partial charge is 0.465 e. The lowest BCUT2D eigenvalue weighted by atomic mass is 9.98. The van der Waals surface area contributed by atoms with Crippen molar-refractivity contribution >= 4 is 17.7 Å². The summed E-state index contributed by atoms with van der Waals surface area (Å²) >= 11 is 0. The maximum absolute atomic E-state index is 12.3. The number of hydrogen-bond acceptors (Lipinski definition) is 7. The highest BCUT2D eigenvalue weighted by Gasteiger charge is 2.29. The molecule has 1 aliphatic rings. The second kappa shape index (κ2) is 9.94. The summed E-state index contributed by atoms with van der Waals surface area (Å²) in [5.74, 6) is -0.704. The number of rotatable bonds is 7. The van der Waals surface area contributed by atoms with Crippen LogP contribution in [-0.2, 0) is 9.47 Å². The quantitative estimate of drug-likeness (QED) is 0.314. The number of methoxy groups -OCH3 is 1. The molecule has 4 rings (SSSR count). The van der Waals surface area contributed by atoms with E-state index in [4.69, 9.17) is 10.5 Å². The Balaban J connectivity index is 1.35. The number of nitrogen functional groups attached to an aromatic ring is 1. The third-order valence-electron chi connectivity index (χ3n) is 5.90. The van der Waals surface area contributed by atoms with Crippen LogP contribution >= 0.6 is 0 Å². The number of aliphatic hydroxyl groups excluding tert-OH is 2. The second-order valence-corrected chi connectivity index (χ2v) is 8.10. The molecule has 1 amide bonds. The molecule has 2 atom stereocenters. The Hall–Kier alpha value is -3.88. The van der Waals surface area contributed by atoms with Gasteiger partial charge in [-0.05, 0) is 46.0 Å². The summed E-state index contributed by atoms with van der Waals surface area (Å²) in [6, 6.07) is 20.2. The zero-order valence-electron chi connectivity index (χ0n) is 18.6. The van der Waals surface area contributed by atoms with Gasteiger partial charge in [-0.1, -0.05) is 48.5 Å². The van der Waals surface area contributed by atoms with Crippen molar-refractivity contribution in [3.05, 3.63) is 89.0 Å². The zero-order valence-corrected chi connectivity index (χ0v) is 18.6. The smallest absolute Gasteiger partial charge is 0.407 e.